The minimum absolute atomic E-state index is 0.508. The van der Waals surface area contributed by atoms with Gasteiger partial charge < -0.3 is 25.6 Å². The quantitative estimate of drug-likeness (QED) is 0.225. The smallest absolute Gasteiger partial charge is 0.452 e. The maximum Gasteiger partial charge on any atom is 0.905 e. The largest absolute Gasteiger partial charge is 0.905 e. The van der Waals surface area contributed by atoms with Crippen LogP contribution in [0.15, 0.2) is 0 Å². The van der Waals surface area contributed by atoms with E-state index in [4.69, 9.17) is 25.6 Å². The van der Waals surface area contributed by atoms with Gasteiger partial charge in [-0.05, 0) is 19.3 Å². The van der Waals surface area contributed by atoms with Crippen LogP contribution in [0.25, 0.3) is 0 Å². The van der Waals surface area contributed by atoms with Crippen molar-refractivity contribution >= 4 is 15.1 Å². The summed E-state index contributed by atoms with van der Waals surface area (Å²) in [5.41, 5.74) is 0. The van der Waals surface area contributed by atoms with Gasteiger partial charge in [0.05, 0.1) is 19.8 Å². The molecule has 0 heterocycles. The lowest BCUT2D eigenvalue weighted by Gasteiger charge is -2.14. The first-order chi connectivity index (χ1) is 12.3. The molecule has 0 saturated heterocycles. The molecule has 150 valence electrons. The van der Waals surface area contributed by atoms with Crippen molar-refractivity contribution in [2.75, 3.05) is 59.5 Å². The highest BCUT2D eigenvalue weighted by Gasteiger charge is 2.30. The molecule has 0 aliphatic rings. The Balaban J connectivity index is 3.76. The first-order valence-electron chi connectivity index (χ1n) is 9.93. The van der Waals surface area contributed by atoms with Crippen LogP contribution in [-0.4, -0.2) is 74.6 Å². The van der Waals surface area contributed by atoms with Gasteiger partial charge in [0.15, 0.2) is 0 Å². The van der Waals surface area contributed by atoms with E-state index in [2.05, 4.69) is 20.8 Å². The van der Waals surface area contributed by atoms with E-state index in [0.717, 1.165) is 58.3 Å². The molecule has 0 atom stereocenters. The van der Waals surface area contributed by atoms with Gasteiger partial charge in [0.25, 0.3) is 0 Å². The van der Waals surface area contributed by atoms with E-state index in [9.17, 15) is 0 Å². The summed E-state index contributed by atoms with van der Waals surface area (Å²) in [6, 6.07) is 0. The molecular formula is C18H39AlO6. The molecule has 7 heteroatoms. The van der Waals surface area contributed by atoms with Gasteiger partial charge in [-0.3, -0.25) is 0 Å². The SMILES string of the molecule is CCCCOCC[O][Al]([O]CCOCCCC)[O]CCOCCCC. The van der Waals surface area contributed by atoms with E-state index < -0.39 is 15.1 Å². The summed E-state index contributed by atoms with van der Waals surface area (Å²) in [5.74, 6) is 0. The minimum atomic E-state index is -2.15. The van der Waals surface area contributed by atoms with Crippen LogP contribution in [0, 0.1) is 0 Å². The topological polar surface area (TPSA) is 55.4 Å². The van der Waals surface area contributed by atoms with Gasteiger partial charge in [0, 0.05) is 39.6 Å². The highest BCUT2D eigenvalue weighted by Crippen LogP contribution is 1.97. The zero-order valence-electron chi connectivity index (χ0n) is 16.6. The number of hydrogen-bond donors (Lipinski definition) is 0. The lowest BCUT2D eigenvalue weighted by molar-refractivity contribution is 0.0194. The second-order valence-corrected chi connectivity index (χ2v) is 7.38. The Kier molecular flexibility index (Phi) is 22.6. The minimum Gasteiger partial charge on any atom is -0.452 e. The number of rotatable bonds is 21. The van der Waals surface area contributed by atoms with Crippen LogP contribution < -0.4 is 0 Å². The molecule has 0 aromatic carbocycles. The molecular weight excluding hydrogens is 339 g/mol. The maximum absolute atomic E-state index is 5.74. The summed E-state index contributed by atoms with van der Waals surface area (Å²) < 4.78 is 33.7. The van der Waals surface area contributed by atoms with E-state index in [0.29, 0.717) is 39.6 Å². The number of unbranched alkanes of at least 4 members (excludes halogenated alkanes) is 3. The number of hydrogen-bond acceptors (Lipinski definition) is 6. The van der Waals surface area contributed by atoms with Crippen LogP contribution in [0.3, 0.4) is 0 Å². The van der Waals surface area contributed by atoms with E-state index >= 15 is 0 Å². The van der Waals surface area contributed by atoms with Crippen LogP contribution in [0.5, 0.6) is 0 Å². The lowest BCUT2D eigenvalue weighted by Crippen LogP contribution is -2.31. The van der Waals surface area contributed by atoms with Crippen molar-refractivity contribution in [1.82, 2.24) is 0 Å². The van der Waals surface area contributed by atoms with Crippen molar-refractivity contribution in [3.05, 3.63) is 0 Å². The Hall–Kier alpha value is 0.292. The molecule has 0 unspecified atom stereocenters. The summed E-state index contributed by atoms with van der Waals surface area (Å²) in [5, 5.41) is 0. The molecule has 0 amide bonds. The second-order valence-electron chi connectivity index (χ2n) is 5.80. The van der Waals surface area contributed by atoms with Gasteiger partial charge in [-0.15, -0.1) is 0 Å². The molecule has 0 aliphatic carbocycles. The summed E-state index contributed by atoms with van der Waals surface area (Å²) in [4.78, 5) is 0. The third kappa shape index (κ3) is 20.5. The molecule has 0 spiro atoms. The van der Waals surface area contributed by atoms with Gasteiger partial charge in [-0.2, -0.15) is 0 Å². The van der Waals surface area contributed by atoms with Crippen molar-refractivity contribution in [3.8, 4) is 0 Å². The molecule has 0 fully saturated rings. The van der Waals surface area contributed by atoms with E-state index in [-0.39, 0.29) is 0 Å². The van der Waals surface area contributed by atoms with Gasteiger partial charge in [0.1, 0.15) is 0 Å². The fourth-order valence-corrected chi connectivity index (χ4v) is 2.95. The summed E-state index contributed by atoms with van der Waals surface area (Å²) in [7, 11) is 0. The molecule has 0 aromatic rings. The Morgan fingerprint density at radius 2 is 0.760 bits per heavy atom. The molecule has 0 N–H and O–H groups in total. The second kappa shape index (κ2) is 22.3. The Bertz CT molecular complexity index is 208. The predicted octanol–water partition coefficient (Wildman–Crippen LogP) is 3.47. The van der Waals surface area contributed by atoms with Crippen LogP contribution in [0.2, 0.25) is 0 Å². The van der Waals surface area contributed by atoms with Gasteiger partial charge in [0.2, 0.25) is 0 Å². The molecule has 0 rings (SSSR count). The molecule has 25 heavy (non-hydrogen) atoms. The summed E-state index contributed by atoms with van der Waals surface area (Å²) >= 11 is -2.15. The standard InChI is InChI=1S/3C6H13O2.Al/c3*1-2-3-5-8-6-4-7;/h3*2-6H2,1H3;/q3*-1;+3. The van der Waals surface area contributed by atoms with Crippen molar-refractivity contribution in [2.45, 2.75) is 59.3 Å². The summed E-state index contributed by atoms with van der Waals surface area (Å²) in [6.45, 7) is 12.1. The fourth-order valence-electron chi connectivity index (χ4n) is 1.80. The van der Waals surface area contributed by atoms with Crippen molar-refractivity contribution in [2.24, 2.45) is 0 Å². The van der Waals surface area contributed by atoms with Gasteiger partial charge in [-0.1, -0.05) is 40.0 Å². The Labute approximate surface area is 159 Å². The molecule has 0 aliphatic heterocycles. The molecule has 0 aromatic heterocycles. The first kappa shape index (κ1) is 25.3. The molecule has 6 nitrogen and oxygen atoms in total. The summed E-state index contributed by atoms with van der Waals surface area (Å²) in [6.07, 6.45) is 6.66. The molecule has 0 bridgehead atoms. The van der Waals surface area contributed by atoms with Crippen LogP contribution in [-0.2, 0) is 25.6 Å². The highest BCUT2D eigenvalue weighted by atomic mass is 27.3. The van der Waals surface area contributed by atoms with Crippen molar-refractivity contribution in [1.29, 1.82) is 0 Å². The lowest BCUT2D eigenvalue weighted by atomic mass is 10.4. The zero-order chi connectivity index (χ0) is 18.4. The van der Waals surface area contributed by atoms with Crippen molar-refractivity contribution < 1.29 is 25.6 Å². The monoisotopic (exact) mass is 378 g/mol. The normalized spacial score (nSPS) is 11.2. The maximum atomic E-state index is 5.74. The average Bonchev–Trinajstić information content (AvgIpc) is 2.63. The van der Waals surface area contributed by atoms with E-state index in [1.54, 1.807) is 0 Å². The highest BCUT2D eigenvalue weighted by molar-refractivity contribution is 6.36. The molecule has 0 radical (unpaired) electrons. The predicted molar refractivity (Wildman–Crippen MR) is 101 cm³/mol. The van der Waals surface area contributed by atoms with Gasteiger partial charge in [-0.25, -0.2) is 0 Å². The molecule has 0 saturated carbocycles. The zero-order valence-corrected chi connectivity index (χ0v) is 17.8. The van der Waals surface area contributed by atoms with Crippen LogP contribution in [0.1, 0.15) is 59.3 Å². The van der Waals surface area contributed by atoms with Crippen LogP contribution in [0.4, 0.5) is 0 Å². The third-order valence-electron chi connectivity index (χ3n) is 3.37. The number of ether oxygens (including phenoxy) is 3. The van der Waals surface area contributed by atoms with Gasteiger partial charge >= 0.3 is 15.1 Å². The third-order valence-corrected chi connectivity index (χ3v) is 4.90. The average molecular weight is 378 g/mol. The van der Waals surface area contributed by atoms with Crippen molar-refractivity contribution in [3.63, 3.8) is 0 Å². The Morgan fingerprint density at radius 1 is 0.440 bits per heavy atom. The van der Waals surface area contributed by atoms with E-state index in [1.165, 1.54) is 0 Å². The van der Waals surface area contributed by atoms with E-state index in [1.807, 2.05) is 0 Å². The Morgan fingerprint density at radius 3 is 1.04 bits per heavy atom. The van der Waals surface area contributed by atoms with Crippen LogP contribution >= 0.6 is 0 Å². The first-order valence-corrected chi connectivity index (χ1v) is 11.3. The fraction of sp³-hybridized carbons (Fsp3) is 1.00.